The molecule has 208 valence electrons. The Bertz CT molecular complexity index is 1680. The quantitative estimate of drug-likeness (QED) is 0.325. The second-order valence-electron chi connectivity index (χ2n) is 11.0. The first kappa shape index (κ1) is 25.1. The van der Waals surface area contributed by atoms with Crippen LogP contribution in [0, 0.1) is 0 Å². The molecular formula is C26H30N10O3S. The number of sulfone groups is 1. The van der Waals surface area contributed by atoms with E-state index >= 15 is 0 Å². The molecule has 0 aromatic carbocycles. The Morgan fingerprint density at radius 3 is 2.55 bits per heavy atom. The van der Waals surface area contributed by atoms with Crippen LogP contribution in [0.15, 0.2) is 35.7 Å². The monoisotopic (exact) mass is 562 g/mol. The van der Waals surface area contributed by atoms with Crippen molar-refractivity contribution in [1.82, 2.24) is 45.0 Å². The normalized spacial score (nSPS) is 24.7. The van der Waals surface area contributed by atoms with Crippen molar-refractivity contribution in [2.45, 2.75) is 67.5 Å². The number of anilines is 1. The molecule has 14 heteroatoms. The zero-order valence-corrected chi connectivity index (χ0v) is 22.8. The molecule has 1 unspecified atom stereocenters. The van der Waals surface area contributed by atoms with Gasteiger partial charge < -0.3 is 20.9 Å². The number of hydrogen-bond donors (Lipinski definition) is 3. The number of nitrogen functional groups attached to an aromatic ring is 1. The molecule has 2 bridgehead atoms. The molecule has 4 atom stereocenters. The molecule has 3 saturated heterocycles. The minimum atomic E-state index is -3.73. The second-order valence-corrected chi connectivity index (χ2v) is 13.0. The third-order valence-corrected chi connectivity index (χ3v) is 9.68. The molecule has 0 radical (unpaired) electrons. The number of aromatic amines is 1. The van der Waals surface area contributed by atoms with Crippen LogP contribution in [0.3, 0.4) is 0 Å². The SMILES string of the molecule is CS(=O)(=O)c1c([C@@H]2C[C@H]3CC[C@@H](C2)N3C(=O)c2nnc[nH]2)nc2c(-c3ccc(C4CCCN4)nc3)cnn2c1N. The van der Waals surface area contributed by atoms with Crippen LogP contribution in [0.2, 0.25) is 0 Å². The lowest BCUT2D eigenvalue weighted by molar-refractivity contribution is 0.0556. The van der Waals surface area contributed by atoms with E-state index in [1.54, 1.807) is 6.20 Å². The van der Waals surface area contributed by atoms with Crippen molar-refractivity contribution in [3.8, 4) is 11.1 Å². The summed E-state index contributed by atoms with van der Waals surface area (Å²) < 4.78 is 27.5. The summed E-state index contributed by atoms with van der Waals surface area (Å²) in [4.78, 5) is 27.4. The first-order valence-electron chi connectivity index (χ1n) is 13.5. The van der Waals surface area contributed by atoms with Crippen LogP contribution in [0.5, 0.6) is 0 Å². The van der Waals surface area contributed by atoms with Crippen LogP contribution in [-0.2, 0) is 9.84 Å². The Labute approximate surface area is 230 Å². The molecule has 3 fully saturated rings. The van der Waals surface area contributed by atoms with Crippen LogP contribution in [-0.4, -0.2) is 78.9 Å². The molecule has 3 aliphatic heterocycles. The van der Waals surface area contributed by atoms with Gasteiger partial charge in [-0.3, -0.25) is 9.78 Å². The smallest absolute Gasteiger partial charge is 0.292 e. The van der Waals surface area contributed by atoms with Crippen LogP contribution < -0.4 is 11.1 Å². The topological polar surface area (TPSA) is 177 Å². The number of nitrogens with zero attached hydrogens (tertiary/aromatic N) is 7. The summed E-state index contributed by atoms with van der Waals surface area (Å²) in [5, 5.41) is 15.5. The van der Waals surface area contributed by atoms with E-state index in [4.69, 9.17) is 10.7 Å². The second kappa shape index (κ2) is 9.34. The van der Waals surface area contributed by atoms with Gasteiger partial charge in [0.15, 0.2) is 15.5 Å². The molecule has 13 nitrogen and oxygen atoms in total. The zero-order valence-electron chi connectivity index (χ0n) is 22.0. The van der Waals surface area contributed by atoms with Crippen molar-refractivity contribution >= 4 is 27.2 Å². The van der Waals surface area contributed by atoms with E-state index in [0.29, 0.717) is 24.2 Å². The summed E-state index contributed by atoms with van der Waals surface area (Å²) in [6, 6.07) is 4.15. The minimum absolute atomic E-state index is 0.00911. The van der Waals surface area contributed by atoms with E-state index in [-0.39, 0.29) is 46.5 Å². The van der Waals surface area contributed by atoms with Crippen LogP contribution in [0.4, 0.5) is 5.82 Å². The minimum Gasteiger partial charge on any atom is -0.382 e. The molecule has 1 amide bonds. The van der Waals surface area contributed by atoms with Crippen molar-refractivity contribution < 1.29 is 13.2 Å². The summed E-state index contributed by atoms with van der Waals surface area (Å²) in [6.45, 7) is 0.992. The van der Waals surface area contributed by atoms with Crippen molar-refractivity contribution in [2.24, 2.45) is 0 Å². The number of piperidine rings is 1. The van der Waals surface area contributed by atoms with Crippen LogP contribution >= 0.6 is 0 Å². The van der Waals surface area contributed by atoms with Gasteiger partial charge in [-0.15, -0.1) is 10.2 Å². The van der Waals surface area contributed by atoms with E-state index in [1.165, 1.54) is 10.8 Å². The van der Waals surface area contributed by atoms with Gasteiger partial charge in [-0.05, 0) is 51.1 Å². The van der Waals surface area contributed by atoms with Crippen molar-refractivity contribution in [3.63, 3.8) is 0 Å². The molecule has 40 heavy (non-hydrogen) atoms. The molecule has 3 aliphatic rings. The predicted octanol–water partition coefficient (Wildman–Crippen LogP) is 1.87. The van der Waals surface area contributed by atoms with Gasteiger partial charge in [0.25, 0.3) is 5.91 Å². The van der Waals surface area contributed by atoms with Gasteiger partial charge >= 0.3 is 0 Å². The van der Waals surface area contributed by atoms with Gasteiger partial charge in [-0.25, -0.2) is 13.4 Å². The Hall–Kier alpha value is -3.91. The predicted molar refractivity (Wildman–Crippen MR) is 145 cm³/mol. The maximum Gasteiger partial charge on any atom is 0.292 e. The number of hydrogen-bond acceptors (Lipinski definition) is 10. The molecular weight excluding hydrogens is 532 g/mol. The number of pyridine rings is 1. The van der Waals surface area contributed by atoms with Crippen LogP contribution in [0.1, 0.15) is 72.5 Å². The van der Waals surface area contributed by atoms with Crippen molar-refractivity contribution in [1.29, 1.82) is 0 Å². The fourth-order valence-electron chi connectivity index (χ4n) is 6.75. The van der Waals surface area contributed by atoms with Gasteiger partial charge in [0.05, 0.1) is 17.6 Å². The highest BCUT2D eigenvalue weighted by molar-refractivity contribution is 7.91. The van der Waals surface area contributed by atoms with Gasteiger partial charge in [0.2, 0.25) is 5.82 Å². The summed E-state index contributed by atoms with van der Waals surface area (Å²) in [6.07, 6.45) is 11.0. The third kappa shape index (κ3) is 4.04. The molecule has 4 aromatic rings. The highest BCUT2D eigenvalue weighted by Crippen LogP contribution is 2.45. The van der Waals surface area contributed by atoms with Crippen LogP contribution in [0.25, 0.3) is 16.8 Å². The lowest BCUT2D eigenvalue weighted by Crippen LogP contribution is -2.46. The van der Waals surface area contributed by atoms with Gasteiger partial charge in [0, 0.05) is 47.6 Å². The average Bonchev–Trinajstić information content (AvgIpc) is 3.74. The first-order valence-corrected chi connectivity index (χ1v) is 15.4. The summed E-state index contributed by atoms with van der Waals surface area (Å²) in [5.41, 5.74) is 9.99. The summed E-state index contributed by atoms with van der Waals surface area (Å²) in [7, 11) is -3.73. The lowest BCUT2D eigenvalue weighted by atomic mass is 9.87. The summed E-state index contributed by atoms with van der Waals surface area (Å²) in [5.74, 6) is -0.120. The molecule has 7 heterocycles. The van der Waals surface area contributed by atoms with E-state index in [0.717, 1.165) is 55.3 Å². The maximum absolute atomic E-state index is 13.1. The Morgan fingerprint density at radius 1 is 1.12 bits per heavy atom. The Kier molecular flexibility index (Phi) is 5.85. The molecule has 0 saturated carbocycles. The van der Waals surface area contributed by atoms with E-state index in [9.17, 15) is 13.2 Å². The average molecular weight is 563 g/mol. The standard InChI is InChI=1S/C26H30N10O3S/c1-40(38,39)22-21(15-9-16-5-6-17(10-15)35(16)26(37)24-30-13-31-34-24)33-25-18(12-32-36(25)23(22)27)14-4-7-20(29-11-14)19-3-2-8-28-19/h4,7,11-13,15-17,19,28H,2-3,5-6,8-10,27H2,1H3,(H,30,31,34)/t15-,16-,17+,19?. The molecule has 7 rings (SSSR count). The van der Waals surface area contributed by atoms with E-state index < -0.39 is 9.84 Å². The number of nitrogens with two attached hydrogens (primary N) is 1. The maximum atomic E-state index is 13.1. The fraction of sp³-hybridized carbons (Fsp3) is 0.462. The Balaban J connectivity index is 1.27. The van der Waals surface area contributed by atoms with Gasteiger partial charge in [0.1, 0.15) is 17.0 Å². The first-order chi connectivity index (χ1) is 19.3. The number of H-pyrrole nitrogens is 1. The Morgan fingerprint density at radius 2 is 1.93 bits per heavy atom. The number of nitrogens with one attached hydrogen (secondary N) is 2. The molecule has 4 aromatic heterocycles. The fourth-order valence-corrected chi connectivity index (χ4v) is 7.81. The van der Waals surface area contributed by atoms with Gasteiger partial charge in [-0.2, -0.15) is 9.61 Å². The van der Waals surface area contributed by atoms with Crippen molar-refractivity contribution in [3.05, 3.63) is 48.1 Å². The molecule has 0 aliphatic carbocycles. The largest absolute Gasteiger partial charge is 0.382 e. The molecule has 4 N–H and O–H groups in total. The zero-order chi connectivity index (χ0) is 27.6. The third-order valence-electron chi connectivity index (χ3n) is 8.52. The number of aromatic nitrogens is 7. The van der Waals surface area contributed by atoms with Crippen molar-refractivity contribution in [2.75, 3.05) is 18.5 Å². The molecule has 0 spiro atoms. The number of carbonyl (C=O) groups excluding carboxylic acids is 1. The van der Waals surface area contributed by atoms with Gasteiger partial charge in [-0.1, -0.05) is 6.07 Å². The number of amides is 1. The number of rotatable bonds is 5. The van der Waals surface area contributed by atoms with E-state index in [2.05, 4.69) is 30.6 Å². The van der Waals surface area contributed by atoms with E-state index in [1.807, 2.05) is 23.2 Å². The lowest BCUT2D eigenvalue weighted by Gasteiger charge is -2.38. The highest BCUT2D eigenvalue weighted by Gasteiger charge is 2.46. The number of fused-ring (bicyclic) bond motifs is 3. The number of carbonyl (C=O) groups is 1. The summed E-state index contributed by atoms with van der Waals surface area (Å²) >= 11 is 0. The highest BCUT2D eigenvalue weighted by atomic mass is 32.2.